The van der Waals surface area contributed by atoms with Gasteiger partial charge in [-0.2, -0.15) is 0 Å². The molecule has 0 unspecified atom stereocenters. The molecular formula is C13H13ClN2O. The fourth-order valence-electron chi connectivity index (χ4n) is 1.40. The van der Waals surface area contributed by atoms with Gasteiger partial charge in [0.05, 0.1) is 11.4 Å². The number of pyridine rings is 1. The van der Waals surface area contributed by atoms with Gasteiger partial charge in [0.1, 0.15) is 6.61 Å². The SMILES string of the molecule is Cc1nc(OCc2ccccc2Cl)ccc1N. The molecule has 0 radical (unpaired) electrons. The lowest BCUT2D eigenvalue weighted by Crippen LogP contribution is -2.00. The summed E-state index contributed by atoms with van der Waals surface area (Å²) in [6.07, 6.45) is 0. The van der Waals surface area contributed by atoms with Crippen LogP contribution in [0.2, 0.25) is 5.02 Å². The first-order valence-corrected chi connectivity index (χ1v) is 5.64. The number of hydrogen-bond donors (Lipinski definition) is 1. The monoisotopic (exact) mass is 248 g/mol. The van der Waals surface area contributed by atoms with Crippen LogP contribution in [-0.2, 0) is 6.61 Å². The highest BCUT2D eigenvalue weighted by Gasteiger charge is 2.02. The van der Waals surface area contributed by atoms with Crippen LogP contribution in [0.25, 0.3) is 0 Å². The average molecular weight is 249 g/mol. The number of nitrogens with zero attached hydrogens (tertiary/aromatic N) is 1. The van der Waals surface area contributed by atoms with Crippen LogP contribution in [0, 0.1) is 6.92 Å². The van der Waals surface area contributed by atoms with Crippen molar-refractivity contribution < 1.29 is 4.74 Å². The third kappa shape index (κ3) is 2.88. The van der Waals surface area contributed by atoms with Gasteiger partial charge in [0.15, 0.2) is 0 Å². The summed E-state index contributed by atoms with van der Waals surface area (Å²) < 4.78 is 5.56. The highest BCUT2D eigenvalue weighted by molar-refractivity contribution is 6.31. The molecule has 0 amide bonds. The van der Waals surface area contributed by atoms with Crippen molar-refractivity contribution in [1.29, 1.82) is 0 Å². The number of aromatic nitrogens is 1. The molecule has 2 N–H and O–H groups in total. The van der Waals surface area contributed by atoms with E-state index in [0.29, 0.717) is 23.2 Å². The Balaban J connectivity index is 2.08. The molecule has 4 heteroatoms. The van der Waals surface area contributed by atoms with Gasteiger partial charge in [-0.25, -0.2) is 4.98 Å². The summed E-state index contributed by atoms with van der Waals surface area (Å²) in [6, 6.07) is 11.1. The summed E-state index contributed by atoms with van der Waals surface area (Å²) in [5.41, 5.74) is 8.04. The van der Waals surface area contributed by atoms with Crippen LogP contribution < -0.4 is 10.5 Å². The highest BCUT2D eigenvalue weighted by Crippen LogP contribution is 2.18. The molecule has 0 aliphatic carbocycles. The van der Waals surface area contributed by atoms with E-state index >= 15 is 0 Å². The zero-order chi connectivity index (χ0) is 12.3. The molecule has 0 spiro atoms. The minimum absolute atomic E-state index is 0.399. The molecule has 0 aliphatic rings. The molecule has 3 nitrogen and oxygen atoms in total. The van der Waals surface area contributed by atoms with Crippen LogP contribution in [0.3, 0.4) is 0 Å². The maximum absolute atomic E-state index is 6.03. The van der Waals surface area contributed by atoms with Crippen molar-refractivity contribution in [2.75, 3.05) is 5.73 Å². The topological polar surface area (TPSA) is 48.1 Å². The van der Waals surface area contributed by atoms with E-state index in [-0.39, 0.29) is 0 Å². The lowest BCUT2D eigenvalue weighted by atomic mass is 10.2. The molecule has 2 rings (SSSR count). The fourth-order valence-corrected chi connectivity index (χ4v) is 1.59. The van der Waals surface area contributed by atoms with Gasteiger partial charge in [-0.3, -0.25) is 0 Å². The number of anilines is 1. The number of ether oxygens (including phenoxy) is 1. The molecule has 1 aromatic heterocycles. The van der Waals surface area contributed by atoms with Gasteiger partial charge in [0.2, 0.25) is 5.88 Å². The van der Waals surface area contributed by atoms with Crippen molar-refractivity contribution in [2.24, 2.45) is 0 Å². The fraction of sp³-hybridized carbons (Fsp3) is 0.154. The Morgan fingerprint density at radius 2 is 2.00 bits per heavy atom. The van der Waals surface area contributed by atoms with Gasteiger partial charge >= 0.3 is 0 Å². The van der Waals surface area contributed by atoms with Crippen LogP contribution in [0.5, 0.6) is 5.88 Å². The minimum atomic E-state index is 0.399. The third-order valence-corrected chi connectivity index (χ3v) is 2.80. The van der Waals surface area contributed by atoms with Gasteiger partial charge in [-0.05, 0) is 19.1 Å². The standard InChI is InChI=1S/C13H13ClN2O/c1-9-12(15)6-7-13(16-9)17-8-10-4-2-3-5-11(10)14/h2-7H,8,15H2,1H3. The van der Waals surface area contributed by atoms with Crippen molar-refractivity contribution >= 4 is 17.3 Å². The van der Waals surface area contributed by atoms with Gasteiger partial charge in [-0.15, -0.1) is 0 Å². The average Bonchev–Trinajstić information content (AvgIpc) is 2.32. The summed E-state index contributed by atoms with van der Waals surface area (Å²) >= 11 is 6.03. The second-order valence-corrected chi connectivity index (χ2v) is 4.11. The molecule has 0 atom stereocenters. The molecular weight excluding hydrogens is 236 g/mol. The van der Waals surface area contributed by atoms with E-state index in [9.17, 15) is 0 Å². The van der Waals surface area contributed by atoms with Crippen LogP contribution in [0.4, 0.5) is 5.69 Å². The molecule has 88 valence electrons. The number of nitrogens with two attached hydrogens (primary N) is 1. The summed E-state index contributed by atoms with van der Waals surface area (Å²) in [4.78, 5) is 4.23. The Hall–Kier alpha value is -1.74. The predicted molar refractivity (Wildman–Crippen MR) is 69.2 cm³/mol. The molecule has 1 aromatic carbocycles. The summed E-state index contributed by atoms with van der Waals surface area (Å²) in [6.45, 7) is 2.24. The van der Waals surface area contributed by atoms with Crippen molar-refractivity contribution in [3.8, 4) is 5.88 Å². The van der Waals surface area contributed by atoms with Gasteiger partial charge in [-0.1, -0.05) is 29.8 Å². The first kappa shape index (κ1) is 11.7. The van der Waals surface area contributed by atoms with Crippen LogP contribution in [-0.4, -0.2) is 4.98 Å². The number of aryl methyl sites for hydroxylation is 1. The van der Waals surface area contributed by atoms with Crippen molar-refractivity contribution in [3.63, 3.8) is 0 Å². The molecule has 0 saturated carbocycles. The van der Waals surface area contributed by atoms with E-state index in [1.54, 1.807) is 12.1 Å². The molecule has 1 heterocycles. The number of hydrogen-bond acceptors (Lipinski definition) is 3. The maximum Gasteiger partial charge on any atom is 0.213 e. The molecule has 0 saturated heterocycles. The maximum atomic E-state index is 6.03. The van der Waals surface area contributed by atoms with E-state index in [1.807, 2.05) is 31.2 Å². The van der Waals surface area contributed by atoms with E-state index in [2.05, 4.69) is 4.98 Å². The first-order chi connectivity index (χ1) is 8.16. The summed E-state index contributed by atoms with van der Waals surface area (Å²) in [7, 11) is 0. The summed E-state index contributed by atoms with van der Waals surface area (Å²) in [5, 5.41) is 0.694. The number of benzene rings is 1. The first-order valence-electron chi connectivity index (χ1n) is 5.26. The lowest BCUT2D eigenvalue weighted by Gasteiger charge is -2.08. The predicted octanol–water partition coefficient (Wildman–Crippen LogP) is 3.20. The van der Waals surface area contributed by atoms with E-state index in [4.69, 9.17) is 22.1 Å². The van der Waals surface area contributed by atoms with Crippen LogP contribution in [0.15, 0.2) is 36.4 Å². The second-order valence-electron chi connectivity index (χ2n) is 3.70. The molecule has 0 aliphatic heterocycles. The van der Waals surface area contributed by atoms with Gasteiger partial charge < -0.3 is 10.5 Å². The second kappa shape index (κ2) is 5.06. The number of halogens is 1. The van der Waals surface area contributed by atoms with E-state index < -0.39 is 0 Å². The molecule has 2 aromatic rings. The lowest BCUT2D eigenvalue weighted by molar-refractivity contribution is 0.293. The van der Waals surface area contributed by atoms with Gasteiger partial charge in [0, 0.05) is 16.7 Å². The van der Waals surface area contributed by atoms with E-state index in [1.165, 1.54) is 0 Å². The Labute approximate surface area is 105 Å². The van der Waals surface area contributed by atoms with E-state index in [0.717, 1.165) is 11.3 Å². The molecule has 0 fully saturated rings. The molecule has 0 bridgehead atoms. The van der Waals surface area contributed by atoms with Crippen molar-refractivity contribution in [2.45, 2.75) is 13.5 Å². The zero-order valence-corrected chi connectivity index (χ0v) is 10.2. The Morgan fingerprint density at radius 1 is 1.24 bits per heavy atom. The number of nitrogen functional groups attached to an aromatic ring is 1. The van der Waals surface area contributed by atoms with Crippen molar-refractivity contribution in [1.82, 2.24) is 4.98 Å². The minimum Gasteiger partial charge on any atom is -0.473 e. The normalized spacial score (nSPS) is 10.2. The third-order valence-electron chi connectivity index (χ3n) is 2.43. The van der Waals surface area contributed by atoms with Gasteiger partial charge in [0.25, 0.3) is 0 Å². The Kier molecular flexibility index (Phi) is 3.49. The van der Waals surface area contributed by atoms with Crippen molar-refractivity contribution in [3.05, 3.63) is 52.7 Å². The Morgan fingerprint density at radius 3 is 2.71 bits per heavy atom. The molecule has 17 heavy (non-hydrogen) atoms. The smallest absolute Gasteiger partial charge is 0.213 e. The largest absolute Gasteiger partial charge is 0.473 e. The highest BCUT2D eigenvalue weighted by atomic mass is 35.5. The number of rotatable bonds is 3. The van der Waals surface area contributed by atoms with Crippen LogP contribution in [0.1, 0.15) is 11.3 Å². The zero-order valence-electron chi connectivity index (χ0n) is 9.48. The Bertz CT molecular complexity index is 529. The summed E-state index contributed by atoms with van der Waals surface area (Å²) in [5.74, 6) is 0.552. The quantitative estimate of drug-likeness (QED) is 0.907. The van der Waals surface area contributed by atoms with Crippen LogP contribution >= 0.6 is 11.6 Å².